The van der Waals surface area contributed by atoms with E-state index in [9.17, 15) is 4.79 Å². The zero-order valence-electron chi connectivity index (χ0n) is 13.5. The molecule has 0 saturated carbocycles. The van der Waals surface area contributed by atoms with Gasteiger partial charge < -0.3 is 15.4 Å². The number of aryl methyl sites for hydroxylation is 2. The first-order chi connectivity index (χ1) is 11.0. The maximum atomic E-state index is 12.0. The maximum Gasteiger partial charge on any atom is 0.230 e. The Bertz CT molecular complexity index is 711. The molecule has 1 amide bonds. The second-order valence-electron chi connectivity index (χ2n) is 5.35. The van der Waals surface area contributed by atoms with Crippen molar-refractivity contribution in [1.29, 1.82) is 0 Å². The van der Waals surface area contributed by atoms with Crippen LogP contribution in [0.5, 0.6) is 5.75 Å². The van der Waals surface area contributed by atoms with E-state index < -0.39 is 0 Å². The molecule has 0 unspecified atom stereocenters. The van der Waals surface area contributed by atoms with Gasteiger partial charge in [0.05, 0.1) is 13.5 Å². The van der Waals surface area contributed by atoms with Crippen LogP contribution in [0.15, 0.2) is 42.5 Å². The van der Waals surface area contributed by atoms with E-state index in [-0.39, 0.29) is 12.3 Å². The smallest absolute Gasteiger partial charge is 0.230 e. The quantitative estimate of drug-likeness (QED) is 0.845. The lowest BCUT2D eigenvalue weighted by molar-refractivity contribution is -0.119. The van der Waals surface area contributed by atoms with Gasteiger partial charge in [-0.05, 0) is 61.0 Å². The number of amides is 1. The lowest BCUT2D eigenvalue weighted by Crippen LogP contribution is -2.35. The van der Waals surface area contributed by atoms with Gasteiger partial charge in [0.1, 0.15) is 5.75 Å². The zero-order valence-corrected chi connectivity index (χ0v) is 14.3. The van der Waals surface area contributed by atoms with Gasteiger partial charge in [0.25, 0.3) is 0 Å². The maximum absolute atomic E-state index is 12.0. The average Bonchev–Trinajstić information content (AvgIpc) is 2.51. The molecule has 23 heavy (non-hydrogen) atoms. The predicted octanol–water partition coefficient (Wildman–Crippen LogP) is 3.37. The van der Waals surface area contributed by atoms with Gasteiger partial charge in [0, 0.05) is 5.69 Å². The molecule has 0 radical (unpaired) electrons. The van der Waals surface area contributed by atoms with Gasteiger partial charge in [-0.1, -0.05) is 24.3 Å². The largest absolute Gasteiger partial charge is 0.497 e. The van der Waals surface area contributed by atoms with E-state index in [1.165, 1.54) is 0 Å². The number of carbonyl (C=O) groups excluding carboxylic acids is 1. The number of hydrogen-bond acceptors (Lipinski definition) is 3. The minimum atomic E-state index is -0.155. The molecule has 2 aromatic carbocycles. The van der Waals surface area contributed by atoms with E-state index in [1.54, 1.807) is 7.11 Å². The number of anilines is 1. The van der Waals surface area contributed by atoms with Crippen molar-refractivity contribution in [3.63, 3.8) is 0 Å². The van der Waals surface area contributed by atoms with Crippen molar-refractivity contribution in [3.05, 3.63) is 59.2 Å². The van der Waals surface area contributed by atoms with Gasteiger partial charge in [-0.25, -0.2) is 0 Å². The highest BCUT2D eigenvalue weighted by Crippen LogP contribution is 2.16. The Kier molecular flexibility index (Phi) is 5.71. The van der Waals surface area contributed by atoms with Gasteiger partial charge in [-0.15, -0.1) is 0 Å². The second-order valence-corrected chi connectivity index (χ2v) is 5.75. The van der Waals surface area contributed by atoms with E-state index in [2.05, 4.69) is 10.6 Å². The van der Waals surface area contributed by atoms with Crippen LogP contribution in [0.25, 0.3) is 0 Å². The molecule has 0 aromatic heterocycles. The molecule has 2 aromatic rings. The Morgan fingerprint density at radius 1 is 1.13 bits per heavy atom. The Morgan fingerprint density at radius 3 is 2.48 bits per heavy atom. The number of carbonyl (C=O) groups is 1. The Balaban J connectivity index is 1.91. The second kappa shape index (κ2) is 7.74. The van der Waals surface area contributed by atoms with Crippen LogP contribution in [0.2, 0.25) is 0 Å². The molecule has 4 nitrogen and oxygen atoms in total. The van der Waals surface area contributed by atoms with Gasteiger partial charge in [0.15, 0.2) is 5.11 Å². The molecule has 0 bridgehead atoms. The summed E-state index contributed by atoms with van der Waals surface area (Å²) < 4.78 is 5.09. The molecule has 120 valence electrons. The average molecular weight is 328 g/mol. The molecule has 0 fully saturated rings. The fourth-order valence-corrected chi connectivity index (χ4v) is 2.35. The summed E-state index contributed by atoms with van der Waals surface area (Å²) in [7, 11) is 1.61. The molecule has 2 N–H and O–H groups in total. The summed E-state index contributed by atoms with van der Waals surface area (Å²) >= 11 is 5.21. The molecule has 2 rings (SSSR count). The number of hydrogen-bond donors (Lipinski definition) is 2. The van der Waals surface area contributed by atoms with Crippen molar-refractivity contribution in [3.8, 4) is 5.75 Å². The number of thiocarbonyl (C=S) groups is 1. The third-order valence-electron chi connectivity index (χ3n) is 3.42. The van der Waals surface area contributed by atoms with Crippen molar-refractivity contribution in [1.82, 2.24) is 5.32 Å². The highest BCUT2D eigenvalue weighted by atomic mass is 32.1. The third kappa shape index (κ3) is 5.07. The lowest BCUT2D eigenvalue weighted by Gasteiger charge is -2.12. The van der Waals surface area contributed by atoms with E-state index in [0.717, 1.165) is 28.1 Å². The van der Waals surface area contributed by atoms with E-state index in [4.69, 9.17) is 17.0 Å². The van der Waals surface area contributed by atoms with Crippen LogP contribution in [0.3, 0.4) is 0 Å². The first-order valence-electron chi connectivity index (χ1n) is 7.29. The van der Waals surface area contributed by atoms with Crippen molar-refractivity contribution in [2.24, 2.45) is 0 Å². The fraction of sp³-hybridized carbons (Fsp3) is 0.222. The number of ether oxygens (including phenoxy) is 1. The summed E-state index contributed by atoms with van der Waals surface area (Å²) in [6.45, 7) is 4.00. The minimum absolute atomic E-state index is 0.155. The highest BCUT2D eigenvalue weighted by Gasteiger charge is 2.07. The Labute approximate surface area is 141 Å². The number of nitrogens with one attached hydrogen (secondary N) is 2. The van der Waals surface area contributed by atoms with Gasteiger partial charge in [-0.3, -0.25) is 4.79 Å². The first kappa shape index (κ1) is 17.0. The van der Waals surface area contributed by atoms with Crippen LogP contribution >= 0.6 is 12.2 Å². The molecule has 0 aliphatic rings. The zero-order chi connectivity index (χ0) is 16.8. The summed E-state index contributed by atoms with van der Waals surface area (Å²) in [6, 6.07) is 13.4. The number of methoxy groups -OCH3 is 1. The van der Waals surface area contributed by atoms with Gasteiger partial charge >= 0.3 is 0 Å². The molecule has 0 aliphatic heterocycles. The normalized spacial score (nSPS) is 10.0. The topological polar surface area (TPSA) is 50.4 Å². The predicted molar refractivity (Wildman–Crippen MR) is 97.0 cm³/mol. The number of rotatable bonds is 4. The first-order valence-corrected chi connectivity index (χ1v) is 7.70. The number of benzene rings is 2. The third-order valence-corrected chi connectivity index (χ3v) is 3.62. The van der Waals surface area contributed by atoms with Crippen LogP contribution in [0, 0.1) is 13.8 Å². The molecule has 0 heterocycles. The van der Waals surface area contributed by atoms with Crippen LogP contribution in [0.1, 0.15) is 16.7 Å². The minimum Gasteiger partial charge on any atom is -0.497 e. The summed E-state index contributed by atoms with van der Waals surface area (Å²) in [5.74, 6) is 0.610. The fourth-order valence-electron chi connectivity index (χ4n) is 2.12. The standard InChI is InChI=1S/C18H20N2O2S/c1-12-4-5-13(2)16(10-12)19-18(23)20-17(21)11-14-6-8-15(22-3)9-7-14/h4-10H,11H2,1-3H3,(H2,19,20,21,23). The molecule has 0 atom stereocenters. The van der Waals surface area contributed by atoms with Crippen LogP contribution in [-0.4, -0.2) is 18.1 Å². The molecule has 0 aliphatic carbocycles. The monoisotopic (exact) mass is 328 g/mol. The Hall–Kier alpha value is -2.40. The van der Waals surface area contributed by atoms with Gasteiger partial charge in [0.2, 0.25) is 5.91 Å². The van der Waals surface area contributed by atoms with Crippen LogP contribution in [-0.2, 0) is 11.2 Å². The Morgan fingerprint density at radius 2 is 1.83 bits per heavy atom. The summed E-state index contributed by atoms with van der Waals surface area (Å²) in [4.78, 5) is 12.0. The van der Waals surface area contributed by atoms with Crippen LogP contribution in [0.4, 0.5) is 5.69 Å². The van der Waals surface area contributed by atoms with E-state index in [1.807, 2.05) is 56.3 Å². The highest BCUT2D eigenvalue weighted by molar-refractivity contribution is 7.80. The molecular weight excluding hydrogens is 308 g/mol. The molecule has 0 saturated heterocycles. The van der Waals surface area contributed by atoms with E-state index >= 15 is 0 Å². The SMILES string of the molecule is COc1ccc(CC(=O)NC(=S)Nc2cc(C)ccc2C)cc1. The summed E-state index contributed by atoms with van der Waals surface area (Å²) in [5, 5.41) is 6.07. The van der Waals surface area contributed by atoms with Crippen molar-refractivity contribution in [2.75, 3.05) is 12.4 Å². The van der Waals surface area contributed by atoms with Crippen molar-refractivity contribution < 1.29 is 9.53 Å². The summed E-state index contributed by atoms with van der Waals surface area (Å²) in [5.41, 5.74) is 4.00. The lowest BCUT2D eigenvalue weighted by atomic mass is 10.1. The summed E-state index contributed by atoms with van der Waals surface area (Å²) in [6.07, 6.45) is 0.263. The molecule has 5 heteroatoms. The molecular formula is C18H20N2O2S. The van der Waals surface area contributed by atoms with Crippen LogP contribution < -0.4 is 15.4 Å². The van der Waals surface area contributed by atoms with Crippen molar-refractivity contribution >= 4 is 28.9 Å². The molecule has 0 spiro atoms. The van der Waals surface area contributed by atoms with E-state index in [0.29, 0.717) is 5.11 Å². The van der Waals surface area contributed by atoms with Gasteiger partial charge in [-0.2, -0.15) is 0 Å². The van der Waals surface area contributed by atoms with Crippen molar-refractivity contribution in [2.45, 2.75) is 20.3 Å².